The maximum absolute atomic E-state index is 9.39. The molecule has 0 radical (unpaired) electrons. The summed E-state index contributed by atoms with van der Waals surface area (Å²) >= 11 is 5.67. The minimum atomic E-state index is -0.0507. The molecule has 0 spiro atoms. The monoisotopic (exact) mass is 407 g/mol. The van der Waals surface area contributed by atoms with Crippen molar-refractivity contribution in [2.24, 2.45) is 0 Å². The van der Waals surface area contributed by atoms with Gasteiger partial charge in [0.2, 0.25) is 0 Å². The fourth-order valence-corrected chi connectivity index (χ4v) is 4.53. The van der Waals surface area contributed by atoms with Crippen LogP contribution in [0.3, 0.4) is 0 Å². The zero-order valence-corrected chi connectivity index (χ0v) is 17.4. The first-order chi connectivity index (χ1) is 14.1. The molecule has 150 valence electrons. The van der Waals surface area contributed by atoms with Crippen LogP contribution in [0, 0.1) is 13.8 Å². The third-order valence-corrected chi connectivity index (χ3v) is 5.80. The molecule has 0 aromatic carbocycles. The molecule has 0 amide bonds. The molecule has 4 heterocycles. The van der Waals surface area contributed by atoms with Crippen LogP contribution in [0.5, 0.6) is 0 Å². The first-order valence-electron chi connectivity index (χ1n) is 9.80. The van der Waals surface area contributed by atoms with Crippen molar-refractivity contribution < 1.29 is 5.11 Å². The van der Waals surface area contributed by atoms with Gasteiger partial charge in [0.05, 0.1) is 29.7 Å². The Kier molecular flexibility index (Phi) is 5.60. The lowest BCUT2D eigenvalue weighted by Gasteiger charge is -2.28. The van der Waals surface area contributed by atoms with E-state index in [0.717, 1.165) is 22.8 Å². The highest BCUT2D eigenvalue weighted by atomic mass is 32.1. The van der Waals surface area contributed by atoms with Crippen LogP contribution in [0.15, 0.2) is 55.0 Å². The molecule has 4 rings (SSSR count). The number of hydrogen-bond donors (Lipinski definition) is 2. The molecule has 0 bridgehead atoms. The second kappa shape index (κ2) is 8.31. The van der Waals surface area contributed by atoms with E-state index in [-0.39, 0.29) is 18.7 Å². The molecule has 29 heavy (non-hydrogen) atoms. The molecule has 1 saturated heterocycles. The Morgan fingerprint density at radius 1 is 1.17 bits per heavy atom. The van der Waals surface area contributed by atoms with E-state index in [1.54, 1.807) is 6.20 Å². The smallest absolute Gasteiger partial charge is 0.170 e. The second-order valence-corrected chi connectivity index (χ2v) is 7.66. The number of aliphatic hydroxyl groups excluding tert-OH is 1. The molecule has 1 fully saturated rings. The van der Waals surface area contributed by atoms with Crippen LogP contribution in [-0.4, -0.2) is 42.8 Å². The third-order valence-electron chi connectivity index (χ3n) is 5.45. The number of aryl methyl sites for hydroxylation is 1. The van der Waals surface area contributed by atoms with Crippen LogP contribution in [0.4, 0.5) is 0 Å². The van der Waals surface area contributed by atoms with Gasteiger partial charge in [0.15, 0.2) is 5.11 Å². The maximum Gasteiger partial charge on any atom is 0.170 e. The predicted octanol–water partition coefficient (Wildman–Crippen LogP) is 3.24. The molecule has 0 saturated carbocycles. The zero-order chi connectivity index (χ0) is 20.4. The number of hydrogen-bond acceptors (Lipinski definition) is 4. The Balaban J connectivity index is 1.81. The molecular weight excluding hydrogens is 382 g/mol. The van der Waals surface area contributed by atoms with Gasteiger partial charge in [-0.1, -0.05) is 6.07 Å². The normalized spacial score (nSPS) is 18.9. The Hall–Kier alpha value is -2.77. The van der Waals surface area contributed by atoms with Crippen LogP contribution in [0.1, 0.15) is 41.1 Å². The molecule has 6 nitrogen and oxygen atoms in total. The summed E-state index contributed by atoms with van der Waals surface area (Å²) in [5.41, 5.74) is 5.50. The summed E-state index contributed by atoms with van der Waals surface area (Å²) in [6.07, 6.45) is 6.13. The highest BCUT2D eigenvalue weighted by Gasteiger charge is 2.41. The lowest BCUT2D eigenvalue weighted by Crippen LogP contribution is -2.31. The van der Waals surface area contributed by atoms with Gasteiger partial charge in [-0.25, -0.2) is 0 Å². The molecule has 3 aromatic heterocycles. The molecule has 2 N–H and O–H groups in total. The number of pyridine rings is 2. The standard InChI is InChI=1S/C22H25N5OS/c1-15-13-18(16(2)27(15)17-7-5-9-23-14-17)21-20(19-8-3-4-10-24-19)25-22(29)26(21)11-6-12-28/h3-5,7-10,13-14,20-21,28H,6,11-12H2,1-2H3,(H,25,29)/t20-,21-/m0/s1. The fraction of sp³-hybridized carbons (Fsp3) is 0.318. The summed E-state index contributed by atoms with van der Waals surface area (Å²) in [5, 5.41) is 13.6. The molecule has 3 aromatic rings. The minimum Gasteiger partial charge on any atom is -0.396 e. The summed E-state index contributed by atoms with van der Waals surface area (Å²) in [6.45, 7) is 5.07. The fourth-order valence-electron chi connectivity index (χ4n) is 4.20. The predicted molar refractivity (Wildman–Crippen MR) is 117 cm³/mol. The molecular formula is C22H25N5OS. The van der Waals surface area contributed by atoms with E-state index in [4.69, 9.17) is 12.2 Å². The zero-order valence-electron chi connectivity index (χ0n) is 16.6. The Labute approximate surface area is 176 Å². The molecule has 2 atom stereocenters. The van der Waals surface area contributed by atoms with Crippen molar-refractivity contribution >= 4 is 17.3 Å². The van der Waals surface area contributed by atoms with Crippen LogP contribution >= 0.6 is 12.2 Å². The van der Waals surface area contributed by atoms with Gasteiger partial charge in [-0.05, 0) is 68.4 Å². The van der Waals surface area contributed by atoms with Gasteiger partial charge in [-0.2, -0.15) is 0 Å². The maximum atomic E-state index is 9.39. The van der Waals surface area contributed by atoms with E-state index >= 15 is 0 Å². The van der Waals surface area contributed by atoms with Crippen molar-refractivity contribution in [3.63, 3.8) is 0 Å². The highest BCUT2D eigenvalue weighted by Crippen LogP contribution is 2.41. The Morgan fingerprint density at radius 2 is 2.03 bits per heavy atom. The number of thiocarbonyl (C=S) groups is 1. The minimum absolute atomic E-state index is 0.000529. The molecule has 0 aliphatic carbocycles. The van der Waals surface area contributed by atoms with E-state index < -0.39 is 0 Å². The first-order valence-corrected chi connectivity index (χ1v) is 10.2. The SMILES string of the molecule is Cc1cc([C@H]2[C@H](c3ccccn3)NC(=S)N2CCCO)c(C)n1-c1cccnc1. The Morgan fingerprint density at radius 3 is 2.72 bits per heavy atom. The average Bonchev–Trinajstić information content (AvgIpc) is 3.23. The van der Waals surface area contributed by atoms with Crippen molar-refractivity contribution in [2.45, 2.75) is 32.4 Å². The van der Waals surface area contributed by atoms with Crippen LogP contribution in [0.2, 0.25) is 0 Å². The summed E-state index contributed by atoms with van der Waals surface area (Å²) in [6, 6.07) is 12.1. The van der Waals surface area contributed by atoms with Gasteiger partial charge in [0, 0.05) is 36.9 Å². The van der Waals surface area contributed by atoms with Gasteiger partial charge in [-0.15, -0.1) is 0 Å². The van der Waals surface area contributed by atoms with Gasteiger partial charge >= 0.3 is 0 Å². The van der Waals surface area contributed by atoms with E-state index in [2.05, 4.69) is 50.7 Å². The second-order valence-electron chi connectivity index (χ2n) is 7.27. The van der Waals surface area contributed by atoms with E-state index in [1.807, 2.05) is 36.7 Å². The van der Waals surface area contributed by atoms with Crippen molar-refractivity contribution in [3.05, 3.63) is 77.6 Å². The van der Waals surface area contributed by atoms with Gasteiger partial charge in [0.1, 0.15) is 0 Å². The van der Waals surface area contributed by atoms with E-state index in [1.165, 1.54) is 5.56 Å². The quantitative estimate of drug-likeness (QED) is 0.612. The number of rotatable bonds is 6. The lowest BCUT2D eigenvalue weighted by molar-refractivity contribution is 0.247. The van der Waals surface area contributed by atoms with Gasteiger partial charge in [-0.3, -0.25) is 9.97 Å². The van der Waals surface area contributed by atoms with Crippen molar-refractivity contribution in [2.75, 3.05) is 13.2 Å². The third kappa shape index (κ3) is 3.63. The van der Waals surface area contributed by atoms with E-state index in [0.29, 0.717) is 18.1 Å². The van der Waals surface area contributed by atoms with Gasteiger partial charge < -0.3 is 19.9 Å². The number of nitrogens with zero attached hydrogens (tertiary/aromatic N) is 4. The van der Waals surface area contributed by atoms with Crippen LogP contribution in [0.25, 0.3) is 5.69 Å². The topological polar surface area (TPSA) is 66.2 Å². The Bertz CT molecular complexity index is 989. The molecule has 1 aliphatic rings. The number of aliphatic hydroxyl groups is 1. The van der Waals surface area contributed by atoms with Gasteiger partial charge in [0.25, 0.3) is 0 Å². The number of nitrogens with one attached hydrogen (secondary N) is 1. The van der Waals surface area contributed by atoms with Crippen molar-refractivity contribution in [1.29, 1.82) is 0 Å². The summed E-state index contributed by atoms with van der Waals surface area (Å²) in [4.78, 5) is 11.0. The molecule has 7 heteroatoms. The van der Waals surface area contributed by atoms with Crippen LogP contribution in [-0.2, 0) is 0 Å². The average molecular weight is 408 g/mol. The first kappa shape index (κ1) is 19.5. The lowest BCUT2D eigenvalue weighted by atomic mass is 9.96. The van der Waals surface area contributed by atoms with Crippen LogP contribution < -0.4 is 5.32 Å². The number of aromatic nitrogens is 3. The molecule has 0 unspecified atom stereocenters. The molecule has 1 aliphatic heterocycles. The van der Waals surface area contributed by atoms with E-state index in [9.17, 15) is 5.11 Å². The van der Waals surface area contributed by atoms with Crippen molar-refractivity contribution in [3.8, 4) is 5.69 Å². The summed E-state index contributed by atoms with van der Waals surface area (Å²) < 4.78 is 2.23. The van der Waals surface area contributed by atoms with Crippen molar-refractivity contribution in [1.82, 2.24) is 24.8 Å². The summed E-state index contributed by atoms with van der Waals surface area (Å²) in [7, 11) is 0. The highest BCUT2D eigenvalue weighted by molar-refractivity contribution is 7.80. The largest absolute Gasteiger partial charge is 0.396 e. The summed E-state index contributed by atoms with van der Waals surface area (Å²) in [5.74, 6) is 0.